The number of benzene rings is 1. The van der Waals surface area contributed by atoms with Crippen molar-refractivity contribution < 1.29 is 19.4 Å². The minimum absolute atomic E-state index is 0.0427. The Labute approximate surface area is 149 Å². The second-order valence-electron chi connectivity index (χ2n) is 7.57. The van der Waals surface area contributed by atoms with Crippen LogP contribution in [-0.2, 0) is 9.53 Å². The van der Waals surface area contributed by atoms with Gasteiger partial charge in [0, 0.05) is 25.2 Å². The second kappa shape index (κ2) is 7.87. The van der Waals surface area contributed by atoms with Crippen molar-refractivity contribution in [2.24, 2.45) is 5.92 Å². The Morgan fingerprint density at radius 1 is 1.28 bits per heavy atom. The zero-order chi connectivity index (χ0) is 18.6. The van der Waals surface area contributed by atoms with E-state index in [4.69, 9.17) is 4.74 Å². The van der Waals surface area contributed by atoms with Gasteiger partial charge < -0.3 is 20.1 Å². The van der Waals surface area contributed by atoms with Crippen LogP contribution in [0.3, 0.4) is 0 Å². The van der Waals surface area contributed by atoms with Crippen LogP contribution in [0.25, 0.3) is 0 Å². The predicted molar refractivity (Wildman–Crippen MR) is 95.3 cm³/mol. The first kappa shape index (κ1) is 19.2. The SMILES string of the molecule is CC(NC1CCN(C(=O)OC(C)(C)C)CC1C(=O)O)c1ccccc1. The highest BCUT2D eigenvalue weighted by Gasteiger charge is 2.38. The zero-order valence-corrected chi connectivity index (χ0v) is 15.4. The smallest absolute Gasteiger partial charge is 0.410 e. The minimum atomic E-state index is -0.897. The summed E-state index contributed by atoms with van der Waals surface area (Å²) in [5.74, 6) is -1.56. The number of rotatable bonds is 4. The van der Waals surface area contributed by atoms with Crippen molar-refractivity contribution in [3.63, 3.8) is 0 Å². The van der Waals surface area contributed by atoms with Crippen LogP contribution in [0.4, 0.5) is 4.79 Å². The number of carboxylic acid groups (broad SMARTS) is 1. The highest BCUT2D eigenvalue weighted by Crippen LogP contribution is 2.23. The van der Waals surface area contributed by atoms with Gasteiger partial charge in [0.25, 0.3) is 0 Å². The predicted octanol–water partition coefficient (Wildman–Crippen LogP) is 3.05. The number of amides is 1. The van der Waals surface area contributed by atoms with Crippen molar-refractivity contribution in [1.82, 2.24) is 10.2 Å². The number of hydrogen-bond donors (Lipinski definition) is 2. The zero-order valence-electron chi connectivity index (χ0n) is 15.4. The second-order valence-corrected chi connectivity index (χ2v) is 7.57. The van der Waals surface area contributed by atoms with E-state index in [9.17, 15) is 14.7 Å². The van der Waals surface area contributed by atoms with Crippen LogP contribution in [0.1, 0.15) is 45.7 Å². The fraction of sp³-hybridized carbons (Fsp3) is 0.579. The standard InChI is InChI=1S/C19H28N2O4/c1-13(14-8-6-5-7-9-14)20-16-10-11-21(12-15(16)17(22)23)18(24)25-19(2,3)4/h5-9,13,15-16,20H,10-12H2,1-4H3,(H,22,23). The topological polar surface area (TPSA) is 78.9 Å². The number of ether oxygens (including phenoxy) is 1. The minimum Gasteiger partial charge on any atom is -0.481 e. The molecule has 1 aliphatic rings. The summed E-state index contributed by atoms with van der Waals surface area (Å²) in [7, 11) is 0. The number of aliphatic carboxylic acids is 1. The number of piperidine rings is 1. The highest BCUT2D eigenvalue weighted by atomic mass is 16.6. The molecule has 2 rings (SSSR count). The van der Waals surface area contributed by atoms with E-state index in [1.807, 2.05) is 37.3 Å². The summed E-state index contributed by atoms with van der Waals surface area (Å²) < 4.78 is 5.36. The number of likely N-dealkylation sites (tertiary alicyclic amines) is 1. The average Bonchev–Trinajstić information content (AvgIpc) is 2.54. The van der Waals surface area contributed by atoms with E-state index in [1.165, 1.54) is 4.90 Å². The molecule has 1 aromatic rings. The number of nitrogens with one attached hydrogen (secondary N) is 1. The summed E-state index contributed by atoms with van der Waals surface area (Å²) in [5.41, 5.74) is 0.522. The number of carbonyl (C=O) groups is 2. The maximum atomic E-state index is 12.2. The summed E-state index contributed by atoms with van der Waals surface area (Å²) in [5, 5.41) is 13.0. The number of hydrogen-bond acceptors (Lipinski definition) is 4. The maximum Gasteiger partial charge on any atom is 0.410 e. The van der Waals surface area contributed by atoms with Gasteiger partial charge in [-0.2, -0.15) is 0 Å². The Morgan fingerprint density at radius 2 is 1.92 bits per heavy atom. The molecule has 0 bridgehead atoms. The van der Waals surface area contributed by atoms with Crippen LogP contribution in [0, 0.1) is 5.92 Å². The van der Waals surface area contributed by atoms with E-state index in [2.05, 4.69) is 5.32 Å². The van der Waals surface area contributed by atoms with Crippen LogP contribution in [0.5, 0.6) is 0 Å². The third-order valence-electron chi connectivity index (χ3n) is 4.35. The van der Waals surface area contributed by atoms with Gasteiger partial charge in [0.15, 0.2) is 0 Å². The third-order valence-corrected chi connectivity index (χ3v) is 4.35. The summed E-state index contributed by atoms with van der Waals surface area (Å²) in [6.07, 6.45) is 0.126. The van der Waals surface area contributed by atoms with E-state index in [1.54, 1.807) is 20.8 Å². The molecule has 25 heavy (non-hydrogen) atoms. The number of carbonyl (C=O) groups excluding carboxylic acids is 1. The molecule has 6 nitrogen and oxygen atoms in total. The lowest BCUT2D eigenvalue weighted by Gasteiger charge is -2.38. The van der Waals surface area contributed by atoms with Crippen molar-refractivity contribution in [3.05, 3.63) is 35.9 Å². The molecule has 1 saturated heterocycles. The van der Waals surface area contributed by atoms with Crippen molar-refractivity contribution >= 4 is 12.1 Å². The lowest BCUT2D eigenvalue weighted by atomic mass is 9.91. The summed E-state index contributed by atoms with van der Waals surface area (Å²) in [6.45, 7) is 8.07. The van der Waals surface area contributed by atoms with Crippen LogP contribution < -0.4 is 5.32 Å². The first-order chi connectivity index (χ1) is 11.7. The molecular formula is C19H28N2O4. The van der Waals surface area contributed by atoms with Gasteiger partial charge in [0.05, 0.1) is 5.92 Å². The van der Waals surface area contributed by atoms with E-state index in [-0.39, 0.29) is 18.6 Å². The van der Waals surface area contributed by atoms with Gasteiger partial charge in [0.2, 0.25) is 0 Å². The van der Waals surface area contributed by atoms with Crippen molar-refractivity contribution in [2.45, 2.75) is 51.8 Å². The third kappa shape index (κ3) is 5.46. The van der Waals surface area contributed by atoms with E-state index < -0.39 is 23.6 Å². The molecule has 1 fully saturated rings. The number of nitrogens with zero attached hydrogens (tertiary/aromatic N) is 1. The van der Waals surface area contributed by atoms with E-state index in [0.717, 1.165) is 5.56 Å². The number of carboxylic acids is 1. The largest absolute Gasteiger partial charge is 0.481 e. The molecule has 0 saturated carbocycles. The first-order valence-corrected chi connectivity index (χ1v) is 8.69. The van der Waals surface area contributed by atoms with E-state index >= 15 is 0 Å². The monoisotopic (exact) mass is 348 g/mol. The van der Waals surface area contributed by atoms with Gasteiger partial charge in [-0.1, -0.05) is 30.3 Å². The fourth-order valence-corrected chi connectivity index (χ4v) is 3.05. The van der Waals surface area contributed by atoms with Crippen LogP contribution in [0.15, 0.2) is 30.3 Å². The molecule has 2 N–H and O–H groups in total. The molecule has 1 aromatic carbocycles. The first-order valence-electron chi connectivity index (χ1n) is 8.69. The van der Waals surface area contributed by atoms with Crippen molar-refractivity contribution in [3.8, 4) is 0 Å². The van der Waals surface area contributed by atoms with Gasteiger partial charge in [0.1, 0.15) is 5.60 Å². The normalized spacial score (nSPS) is 22.3. The molecular weight excluding hydrogens is 320 g/mol. The molecule has 3 unspecified atom stereocenters. The van der Waals surface area contributed by atoms with Crippen LogP contribution in [-0.4, -0.2) is 46.8 Å². The van der Waals surface area contributed by atoms with Gasteiger partial charge in [-0.15, -0.1) is 0 Å². The quantitative estimate of drug-likeness (QED) is 0.874. The summed E-state index contributed by atoms with van der Waals surface area (Å²) in [4.78, 5) is 25.4. The lowest BCUT2D eigenvalue weighted by Crippen LogP contribution is -2.54. The molecule has 0 spiro atoms. The van der Waals surface area contributed by atoms with Crippen molar-refractivity contribution in [2.75, 3.05) is 13.1 Å². The molecule has 6 heteroatoms. The lowest BCUT2D eigenvalue weighted by molar-refractivity contribution is -0.144. The molecule has 1 heterocycles. The molecule has 3 atom stereocenters. The van der Waals surface area contributed by atoms with Crippen LogP contribution in [0.2, 0.25) is 0 Å². The Bertz CT molecular complexity index is 597. The Kier molecular flexibility index (Phi) is 6.06. The molecule has 0 aliphatic carbocycles. The highest BCUT2D eigenvalue weighted by molar-refractivity contribution is 5.74. The van der Waals surface area contributed by atoms with Gasteiger partial charge in [-0.25, -0.2) is 4.79 Å². The Morgan fingerprint density at radius 3 is 2.48 bits per heavy atom. The Balaban J connectivity index is 2.02. The van der Waals surface area contributed by atoms with Crippen molar-refractivity contribution in [1.29, 1.82) is 0 Å². The van der Waals surface area contributed by atoms with Crippen LogP contribution >= 0.6 is 0 Å². The van der Waals surface area contributed by atoms with E-state index in [0.29, 0.717) is 13.0 Å². The molecule has 1 amide bonds. The Hall–Kier alpha value is -2.08. The molecule has 138 valence electrons. The molecule has 0 aromatic heterocycles. The average molecular weight is 348 g/mol. The fourth-order valence-electron chi connectivity index (χ4n) is 3.05. The van der Waals surface area contributed by atoms with Gasteiger partial charge in [-0.05, 0) is 39.7 Å². The molecule has 1 aliphatic heterocycles. The summed E-state index contributed by atoms with van der Waals surface area (Å²) in [6, 6.07) is 9.77. The van der Waals surface area contributed by atoms with Gasteiger partial charge >= 0.3 is 12.1 Å². The molecule has 0 radical (unpaired) electrons. The van der Waals surface area contributed by atoms with Gasteiger partial charge in [-0.3, -0.25) is 4.79 Å². The summed E-state index contributed by atoms with van der Waals surface area (Å²) >= 11 is 0. The maximum absolute atomic E-state index is 12.2.